The highest BCUT2D eigenvalue weighted by atomic mass is 16.5. The molecule has 0 spiro atoms. The second-order valence-electron chi connectivity index (χ2n) is 4.48. The van der Waals surface area contributed by atoms with Gasteiger partial charge in [0.25, 0.3) is 0 Å². The van der Waals surface area contributed by atoms with Crippen LogP contribution in [-0.2, 0) is 9.47 Å². The number of hydrogen-bond acceptors (Lipinski definition) is 4. The topological polar surface area (TPSA) is 41.9 Å². The molecule has 0 aliphatic carbocycles. The number of ether oxygens (including phenoxy) is 2. The van der Waals surface area contributed by atoms with Crippen LogP contribution in [0, 0.1) is 0 Å². The van der Waals surface area contributed by atoms with Crippen LogP contribution >= 0.6 is 0 Å². The smallest absolute Gasteiger partial charge is 0.0899 e. The average molecular weight is 217 g/mol. The van der Waals surface area contributed by atoms with Gasteiger partial charge in [0.05, 0.1) is 24.9 Å². The Morgan fingerprint density at radius 1 is 1.53 bits per heavy atom. The first-order valence-electron chi connectivity index (χ1n) is 5.62. The van der Waals surface area contributed by atoms with Gasteiger partial charge in [-0.1, -0.05) is 0 Å². The van der Waals surface area contributed by atoms with Gasteiger partial charge in [0, 0.05) is 20.2 Å². The molecule has 1 fully saturated rings. The van der Waals surface area contributed by atoms with E-state index in [1.807, 2.05) is 7.05 Å². The molecule has 4 heteroatoms. The molecule has 0 saturated carbocycles. The third kappa shape index (κ3) is 4.93. The van der Waals surface area contributed by atoms with Gasteiger partial charge >= 0.3 is 0 Å². The fourth-order valence-electron chi connectivity index (χ4n) is 2.05. The molecule has 1 saturated heterocycles. The molecule has 3 unspecified atom stereocenters. The maximum Gasteiger partial charge on any atom is 0.0899 e. The largest absolute Gasteiger partial charge is 0.389 e. The van der Waals surface area contributed by atoms with E-state index in [2.05, 4.69) is 11.8 Å². The molecule has 1 heterocycles. The molecule has 0 aromatic rings. The number of methoxy groups -OCH3 is 1. The zero-order chi connectivity index (χ0) is 11.3. The van der Waals surface area contributed by atoms with Crippen molar-refractivity contribution in [3.8, 4) is 0 Å². The summed E-state index contributed by atoms with van der Waals surface area (Å²) < 4.78 is 10.6. The Morgan fingerprint density at radius 3 is 2.80 bits per heavy atom. The number of aliphatic hydroxyl groups excluding tert-OH is 1. The normalized spacial score (nSPS) is 28.6. The summed E-state index contributed by atoms with van der Waals surface area (Å²) in [4.78, 5) is 2.10. The fraction of sp³-hybridized carbons (Fsp3) is 1.00. The highest BCUT2D eigenvalue weighted by Gasteiger charge is 2.23. The van der Waals surface area contributed by atoms with E-state index in [1.165, 1.54) is 0 Å². The van der Waals surface area contributed by atoms with Crippen molar-refractivity contribution < 1.29 is 14.6 Å². The number of nitrogens with zero attached hydrogens (tertiary/aromatic N) is 1. The van der Waals surface area contributed by atoms with Crippen LogP contribution in [0.2, 0.25) is 0 Å². The molecule has 0 aromatic heterocycles. The van der Waals surface area contributed by atoms with Crippen molar-refractivity contribution >= 4 is 0 Å². The molecule has 1 rings (SSSR count). The Hall–Kier alpha value is -0.160. The van der Waals surface area contributed by atoms with Gasteiger partial charge < -0.3 is 19.5 Å². The van der Waals surface area contributed by atoms with Crippen LogP contribution < -0.4 is 0 Å². The van der Waals surface area contributed by atoms with Gasteiger partial charge in [-0.2, -0.15) is 0 Å². The van der Waals surface area contributed by atoms with Crippen LogP contribution in [0.5, 0.6) is 0 Å². The predicted molar refractivity (Wildman–Crippen MR) is 58.9 cm³/mol. The molecule has 1 aliphatic rings. The molecule has 1 aliphatic heterocycles. The molecule has 0 aromatic carbocycles. The lowest BCUT2D eigenvalue weighted by atomic mass is 10.2. The van der Waals surface area contributed by atoms with Crippen LogP contribution in [0.4, 0.5) is 0 Å². The van der Waals surface area contributed by atoms with Crippen LogP contribution in [0.3, 0.4) is 0 Å². The zero-order valence-corrected chi connectivity index (χ0v) is 9.98. The maximum atomic E-state index is 9.54. The van der Waals surface area contributed by atoms with Gasteiger partial charge in [0.1, 0.15) is 0 Å². The Morgan fingerprint density at radius 2 is 2.27 bits per heavy atom. The zero-order valence-electron chi connectivity index (χ0n) is 9.98. The minimum Gasteiger partial charge on any atom is -0.389 e. The monoisotopic (exact) mass is 217 g/mol. The first kappa shape index (κ1) is 12.9. The molecule has 0 amide bonds. The Labute approximate surface area is 92.2 Å². The van der Waals surface area contributed by atoms with Gasteiger partial charge in [0.15, 0.2) is 0 Å². The molecule has 3 atom stereocenters. The van der Waals surface area contributed by atoms with Crippen molar-refractivity contribution in [1.82, 2.24) is 4.90 Å². The van der Waals surface area contributed by atoms with Crippen LogP contribution in [0.25, 0.3) is 0 Å². The number of likely N-dealkylation sites (N-methyl/N-ethyl adjacent to an activating group) is 1. The van der Waals surface area contributed by atoms with E-state index in [-0.39, 0.29) is 0 Å². The number of rotatable bonds is 6. The highest BCUT2D eigenvalue weighted by Crippen LogP contribution is 2.19. The standard InChI is InChI=1S/C11H23NO3/c1-9-4-5-11(15-9)7-12(2)6-10(13)8-14-3/h9-11,13H,4-8H2,1-3H3. The predicted octanol–water partition coefficient (Wildman–Crippen LogP) is 0.493. The summed E-state index contributed by atoms with van der Waals surface area (Å²) in [5, 5.41) is 9.54. The summed E-state index contributed by atoms with van der Waals surface area (Å²) in [7, 11) is 3.61. The van der Waals surface area contributed by atoms with E-state index in [0.717, 1.165) is 19.4 Å². The summed E-state index contributed by atoms with van der Waals surface area (Å²) in [5.41, 5.74) is 0. The summed E-state index contributed by atoms with van der Waals surface area (Å²) >= 11 is 0. The molecule has 1 N–H and O–H groups in total. The number of aliphatic hydroxyl groups is 1. The number of hydrogen-bond donors (Lipinski definition) is 1. The fourth-order valence-corrected chi connectivity index (χ4v) is 2.05. The van der Waals surface area contributed by atoms with Crippen LogP contribution in [0.1, 0.15) is 19.8 Å². The lowest BCUT2D eigenvalue weighted by molar-refractivity contribution is 0.0115. The Balaban J connectivity index is 2.15. The Kier molecular flexibility index (Phi) is 5.53. The average Bonchev–Trinajstić information content (AvgIpc) is 2.51. The van der Waals surface area contributed by atoms with Crippen molar-refractivity contribution in [1.29, 1.82) is 0 Å². The van der Waals surface area contributed by atoms with Crippen LogP contribution in [0.15, 0.2) is 0 Å². The summed E-state index contributed by atoms with van der Waals surface area (Å²) in [6.45, 7) is 4.04. The molecule has 0 radical (unpaired) electrons. The van der Waals surface area contributed by atoms with E-state index in [9.17, 15) is 5.11 Å². The second-order valence-corrected chi connectivity index (χ2v) is 4.48. The van der Waals surface area contributed by atoms with Crippen molar-refractivity contribution in [2.75, 3.05) is 33.9 Å². The Bertz CT molecular complexity index is 177. The van der Waals surface area contributed by atoms with E-state index in [0.29, 0.717) is 25.4 Å². The van der Waals surface area contributed by atoms with Gasteiger partial charge in [-0.3, -0.25) is 0 Å². The van der Waals surface area contributed by atoms with Gasteiger partial charge in [-0.25, -0.2) is 0 Å². The third-order valence-electron chi connectivity index (χ3n) is 2.72. The minimum atomic E-state index is -0.404. The van der Waals surface area contributed by atoms with E-state index >= 15 is 0 Å². The van der Waals surface area contributed by atoms with E-state index in [1.54, 1.807) is 7.11 Å². The molecule has 4 nitrogen and oxygen atoms in total. The SMILES string of the molecule is COCC(O)CN(C)CC1CCC(C)O1. The minimum absolute atomic E-state index is 0.333. The maximum absolute atomic E-state index is 9.54. The molecular weight excluding hydrogens is 194 g/mol. The third-order valence-corrected chi connectivity index (χ3v) is 2.72. The molecular formula is C11H23NO3. The van der Waals surface area contributed by atoms with Crippen molar-refractivity contribution in [2.45, 2.75) is 38.1 Å². The molecule has 90 valence electrons. The second kappa shape index (κ2) is 6.43. The van der Waals surface area contributed by atoms with Gasteiger partial charge in [0.2, 0.25) is 0 Å². The molecule has 15 heavy (non-hydrogen) atoms. The first-order valence-corrected chi connectivity index (χ1v) is 5.62. The van der Waals surface area contributed by atoms with E-state index in [4.69, 9.17) is 9.47 Å². The first-order chi connectivity index (χ1) is 7.11. The quantitative estimate of drug-likeness (QED) is 0.703. The summed E-state index contributed by atoms with van der Waals surface area (Å²) in [6, 6.07) is 0. The van der Waals surface area contributed by atoms with Crippen molar-refractivity contribution in [3.63, 3.8) is 0 Å². The lowest BCUT2D eigenvalue weighted by Gasteiger charge is -2.23. The van der Waals surface area contributed by atoms with Gasteiger partial charge in [-0.15, -0.1) is 0 Å². The van der Waals surface area contributed by atoms with Crippen molar-refractivity contribution in [3.05, 3.63) is 0 Å². The lowest BCUT2D eigenvalue weighted by Crippen LogP contribution is -2.36. The van der Waals surface area contributed by atoms with E-state index < -0.39 is 6.10 Å². The summed E-state index contributed by atoms with van der Waals surface area (Å²) in [6.07, 6.45) is 2.61. The highest BCUT2D eigenvalue weighted by molar-refractivity contribution is 4.74. The van der Waals surface area contributed by atoms with Gasteiger partial charge in [-0.05, 0) is 26.8 Å². The molecule has 0 bridgehead atoms. The summed E-state index contributed by atoms with van der Waals surface area (Å²) in [5.74, 6) is 0. The van der Waals surface area contributed by atoms with Crippen molar-refractivity contribution in [2.24, 2.45) is 0 Å². The van der Waals surface area contributed by atoms with Crippen LogP contribution in [-0.4, -0.2) is 62.2 Å².